The minimum atomic E-state index is -5.82. The molecule has 0 unspecified atom stereocenters. The summed E-state index contributed by atoms with van der Waals surface area (Å²) in [5.74, 6) is -7.01. The normalized spacial score (nSPS) is 12.9. The SMILES string of the molecule is Cn1cc(C(=O)O)c(C(F)(F)C(F)(F)F)c1. The van der Waals surface area contributed by atoms with E-state index in [2.05, 4.69) is 0 Å². The van der Waals surface area contributed by atoms with Crippen LogP contribution in [0.2, 0.25) is 0 Å². The highest BCUT2D eigenvalue weighted by atomic mass is 19.4. The Balaban J connectivity index is 3.38. The van der Waals surface area contributed by atoms with E-state index in [-0.39, 0.29) is 0 Å². The molecule has 1 aromatic rings. The molecule has 0 aromatic carbocycles. The summed E-state index contributed by atoms with van der Waals surface area (Å²) in [5, 5.41) is 8.49. The first-order valence-corrected chi connectivity index (χ1v) is 3.91. The molecular weight excluding hydrogens is 237 g/mol. The molecule has 0 aliphatic rings. The van der Waals surface area contributed by atoms with Crippen molar-refractivity contribution < 1.29 is 31.9 Å². The highest BCUT2D eigenvalue weighted by Gasteiger charge is 2.60. The Morgan fingerprint density at radius 3 is 2.12 bits per heavy atom. The first-order valence-electron chi connectivity index (χ1n) is 3.91. The third-order valence-electron chi connectivity index (χ3n) is 1.88. The number of alkyl halides is 5. The highest BCUT2D eigenvalue weighted by molar-refractivity contribution is 5.89. The maximum Gasteiger partial charge on any atom is 0.458 e. The molecule has 8 heteroatoms. The van der Waals surface area contributed by atoms with E-state index in [9.17, 15) is 26.7 Å². The van der Waals surface area contributed by atoms with E-state index in [1.165, 1.54) is 0 Å². The number of hydrogen-bond donors (Lipinski definition) is 1. The summed E-state index contributed by atoms with van der Waals surface area (Å²) in [6.45, 7) is 0. The van der Waals surface area contributed by atoms with Crippen LogP contribution in [0.3, 0.4) is 0 Å². The Hall–Kier alpha value is -1.60. The number of carbonyl (C=O) groups is 1. The van der Waals surface area contributed by atoms with Crippen LogP contribution in [0.5, 0.6) is 0 Å². The number of hydrogen-bond acceptors (Lipinski definition) is 1. The van der Waals surface area contributed by atoms with Gasteiger partial charge in [0, 0.05) is 19.4 Å². The molecule has 0 aliphatic carbocycles. The summed E-state index contributed by atoms with van der Waals surface area (Å²) in [6, 6.07) is 0. The van der Waals surface area contributed by atoms with Gasteiger partial charge in [-0.05, 0) is 0 Å². The van der Waals surface area contributed by atoms with Crippen LogP contribution in [0.25, 0.3) is 0 Å². The lowest BCUT2D eigenvalue weighted by atomic mass is 10.1. The summed E-state index contributed by atoms with van der Waals surface area (Å²) in [6.07, 6.45) is -4.69. The zero-order chi connectivity index (χ0) is 12.7. The van der Waals surface area contributed by atoms with Gasteiger partial charge in [0.05, 0.1) is 11.1 Å². The molecule has 1 N–H and O–H groups in total. The van der Waals surface area contributed by atoms with Gasteiger partial charge < -0.3 is 9.67 Å². The van der Waals surface area contributed by atoms with Crippen LogP contribution in [0, 0.1) is 0 Å². The van der Waals surface area contributed by atoms with Crippen LogP contribution in [-0.4, -0.2) is 21.8 Å². The maximum absolute atomic E-state index is 12.9. The largest absolute Gasteiger partial charge is 0.478 e. The predicted molar refractivity (Wildman–Crippen MR) is 42.3 cm³/mol. The van der Waals surface area contributed by atoms with Crippen LogP contribution in [-0.2, 0) is 13.0 Å². The highest BCUT2D eigenvalue weighted by Crippen LogP contribution is 2.45. The number of aromatic nitrogens is 1. The van der Waals surface area contributed by atoms with Gasteiger partial charge in [-0.15, -0.1) is 0 Å². The molecule has 0 saturated heterocycles. The van der Waals surface area contributed by atoms with Gasteiger partial charge in [-0.2, -0.15) is 22.0 Å². The lowest BCUT2D eigenvalue weighted by molar-refractivity contribution is -0.289. The van der Waals surface area contributed by atoms with Gasteiger partial charge in [0.1, 0.15) is 0 Å². The maximum atomic E-state index is 12.9. The lowest BCUT2D eigenvalue weighted by Gasteiger charge is -2.19. The van der Waals surface area contributed by atoms with Crippen LogP contribution in [0.4, 0.5) is 22.0 Å². The van der Waals surface area contributed by atoms with Gasteiger partial charge in [0.15, 0.2) is 0 Å². The van der Waals surface area contributed by atoms with E-state index >= 15 is 0 Å². The molecule has 3 nitrogen and oxygen atoms in total. The molecule has 1 aromatic heterocycles. The number of halogens is 5. The van der Waals surface area contributed by atoms with Crippen LogP contribution in [0.15, 0.2) is 12.4 Å². The van der Waals surface area contributed by atoms with Gasteiger partial charge in [0.25, 0.3) is 0 Å². The van der Waals surface area contributed by atoms with Gasteiger partial charge in [-0.3, -0.25) is 0 Å². The summed E-state index contributed by atoms with van der Waals surface area (Å²) in [7, 11) is 1.16. The van der Waals surface area contributed by atoms with Gasteiger partial charge in [-0.25, -0.2) is 4.79 Å². The van der Waals surface area contributed by atoms with Crippen molar-refractivity contribution in [2.24, 2.45) is 7.05 Å². The van der Waals surface area contributed by atoms with Crippen molar-refractivity contribution in [3.8, 4) is 0 Å². The summed E-state index contributed by atoms with van der Waals surface area (Å²) in [4.78, 5) is 10.5. The summed E-state index contributed by atoms with van der Waals surface area (Å²) >= 11 is 0. The number of rotatable bonds is 2. The fourth-order valence-electron chi connectivity index (χ4n) is 1.16. The standard InChI is InChI=1S/C8H6F5NO2/c1-14-2-4(6(15)16)5(3-14)7(9,10)8(11,12)13/h2-3H,1H3,(H,15,16). The van der Waals surface area contributed by atoms with Crippen molar-refractivity contribution in [1.82, 2.24) is 4.57 Å². The second-order valence-corrected chi connectivity index (χ2v) is 3.13. The fourth-order valence-corrected chi connectivity index (χ4v) is 1.16. The molecule has 1 heterocycles. The van der Waals surface area contributed by atoms with Crippen molar-refractivity contribution in [2.75, 3.05) is 0 Å². The van der Waals surface area contributed by atoms with E-state index in [1.807, 2.05) is 0 Å². The number of carboxylic acid groups (broad SMARTS) is 1. The van der Waals surface area contributed by atoms with E-state index < -0.39 is 29.2 Å². The zero-order valence-corrected chi connectivity index (χ0v) is 7.85. The first kappa shape index (κ1) is 12.5. The molecule has 0 spiro atoms. The van der Waals surface area contributed by atoms with Gasteiger partial charge in [-0.1, -0.05) is 0 Å². The number of nitrogens with zero attached hydrogens (tertiary/aromatic N) is 1. The number of aromatic carboxylic acids is 1. The fraction of sp³-hybridized carbons (Fsp3) is 0.375. The predicted octanol–water partition coefficient (Wildman–Crippen LogP) is 2.38. The Morgan fingerprint density at radius 2 is 1.75 bits per heavy atom. The van der Waals surface area contributed by atoms with E-state index in [0.29, 0.717) is 12.4 Å². The molecule has 90 valence electrons. The third-order valence-corrected chi connectivity index (χ3v) is 1.88. The van der Waals surface area contributed by atoms with Crippen molar-refractivity contribution in [2.45, 2.75) is 12.1 Å². The second kappa shape index (κ2) is 3.46. The summed E-state index contributed by atoms with van der Waals surface area (Å²) < 4.78 is 62.7. The third kappa shape index (κ3) is 1.86. The molecule has 0 atom stereocenters. The second-order valence-electron chi connectivity index (χ2n) is 3.13. The first-order chi connectivity index (χ1) is 7.07. The van der Waals surface area contributed by atoms with Gasteiger partial charge >= 0.3 is 18.1 Å². The van der Waals surface area contributed by atoms with Crippen molar-refractivity contribution in [1.29, 1.82) is 0 Å². The molecule has 0 bridgehead atoms. The minimum absolute atomic E-state index is 0.441. The van der Waals surface area contributed by atoms with Crippen molar-refractivity contribution in [3.63, 3.8) is 0 Å². The molecule has 16 heavy (non-hydrogen) atoms. The smallest absolute Gasteiger partial charge is 0.458 e. The number of aryl methyl sites for hydroxylation is 1. The average Bonchev–Trinajstić information content (AvgIpc) is 2.45. The monoisotopic (exact) mass is 243 g/mol. The Kier molecular flexibility index (Phi) is 2.70. The molecule has 0 radical (unpaired) electrons. The molecule has 1 rings (SSSR count). The Labute approximate surface area is 86.1 Å². The topological polar surface area (TPSA) is 42.2 Å². The Morgan fingerprint density at radius 1 is 1.25 bits per heavy atom. The van der Waals surface area contributed by atoms with Gasteiger partial charge in [0.2, 0.25) is 0 Å². The molecule has 0 saturated carbocycles. The quantitative estimate of drug-likeness (QED) is 0.810. The minimum Gasteiger partial charge on any atom is -0.478 e. The molecule has 0 aliphatic heterocycles. The van der Waals surface area contributed by atoms with Crippen LogP contribution in [0.1, 0.15) is 15.9 Å². The Bertz CT molecular complexity index is 421. The van der Waals surface area contributed by atoms with Crippen LogP contribution >= 0.6 is 0 Å². The average molecular weight is 243 g/mol. The van der Waals surface area contributed by atoms with E-state index in [1.54, 1.807) is 0 Å². The molecular formula is C8H6F5NO2. The van der Waals surface area contributed by atoms with E-state index in [4.69, 9.17) is 5.11 Å². The molecule has 0 fully saturated rings. The van der Waals surface area contributed by atoms with Crippen molar-refractivity contribution >= 4 is 5.97 Å². The lowest BCUT2D eigenvalue weighted by Crippen LogP contribution is -2.34. The number of carboxylic acids is 1. The summed E-state index contributed by atoms with van der Waals surface area (Å²) in [5.41, 5.74) is -2.63. The van der Waals surface area contributed by atoms with E-state index in [0.717, 1.165) is 11.6 Å². The van der Waals surface area contributed by atoms with Crippen molar-refractivity contribution in [3.05, 3.63) is 23.5 Å². The zero-order valence-electron chi connectivity index (χ0n) is 7.85. The molecule has 0 amide bonds. The van der Waals surface area contributed by atoms with Crippen LogP contribution < -0.4 is 0 Å².